The van der Waals surface area contributed by atoms with E-state index >= 15 is 0 Å². The molecule has 0 aliphatic carbocycles. The fourth-order valence-corrected chi connectivity index (χ4v) is 6.04. The molecule has 3 N–H and O–H groups in total. The zero-order valence-electron chi connectivity index (χ0n) is 40.5. The molecule has 60 heavy (non-hydrogen) atoms. The van der Waals surface area contributed by atoms with Gasteiger partial charge in [-0.15, -0.1) is 5.10 Å². The lowest BCUT2D eigenvalue weighted by molar-refractivity contribution is -0.130. The molecule has 1 aliphatic rings. The van der Waals surface area contributed by atoms with Crippen LogP contribution in [0.2, 0.25) is 0 Å². The molecular weight excluding hydrogens is 751 g/mol. The van der Waals surface area contributed by atoms with Crippen LogP contribution in [0.5, 0.6) is 0 Å². The monoisotopic (exact) mass is 830 g/mol. The number of carbonyl (C=O) groups excluding carboxylic acids is 4. The number of carbonyl (C=O) groups is 4. The Morgan fingerprint density at radius 3 is 1.60 bits per heavy atom. The Morgan fingerprint density at radius 2 is 1.13 bits per heavy atom. The van der Waals surface area contributed by atoms with E-state index in [0.717, 1.165) is 33.8 Å². The van der Waals surface area contributed by atoms with Gasteiger partial charge in [0.05, 0.1) is 17.9 Å². The second-order valence-electron chi connectivity index (χ2n) is 22.4. The third kappa shape index (κ3) is 18.1. The summed E-state index contributed by atoms with van der Waals surface area (Å²) >= 11 is 0. The second kappa shape index (κ2) is 20.5. The van der Waals surface area contributed by atoms with Crippen LogP contribution < -0.4 is 20.9 Å². The molecule has 0 saturated carbocycles. The number of amides is 3. The maximum absolute atomic E-state index is 13.6. The lowest BCUT2D eigenvalue weighted by atomic mass is 9.89. The minimum Gasteiger partial charge on any atom is -0.351 e. The average Bonchev–Trinajstić information content (AvgIpc) is 3.46. The quantitative estimate of drug-likeness (QED) is 0.206. The van der Waals surface area contributed by atoms with Gasteiger partial charge in [-0.05, 0) is 85.8 Å². The van der Waals surface area contributed by atoms with Gasteiger partial charge in [0.1, 0.15) is 11.5 Å². The van der Waals surface area contributed by atoms with Crippen LogP contribution in [0.4, 0.5) is 5.69 Å². The van der Waals surface area contributed by atoms with Crippen LogP contribution in [0.15, 0.2) is 48.5 Å². The Hall–Kier alpha value is -4.38. The topological polar surface area (TPSA) is 138 Å². The van der Waals surface area contributed by atoms with Crippen molar-refractivity contribution in [3.63, 3.8) is 0 Å². The molecule has 3 amide bonds. The molecule has 0 atom stereocenters. The number of hydrogen-bond donors (Lipinski definition) is 3. The van der Waals surface area contributed by atoms with Crippen molar-refractivity contribution in [2.45, 2.75) is 180 Å². The van der Waals surface area contributed by atoms with Crippen molar-refractivity contribution in [2.24, 2.45) is 16.2 Å². The number of para-hydroxylation sites is 1. The molecule has 0 fully saturated rings. The summed E-state index contributed by atoms with van der Waals surface area (Å²) in [6, 6.07) is 16.1. The summed E-state index contributed by atoms with van der Waals surface area (Å²) in [4.78, 5) is 50.7. The normalized spacial score (nSPS) is 13.1. The number of Topliss-reactive ketones (excluding diaryl/α,β-unsaturated/α-hetero) is 1. The number of ketones is 1. The summed E-state index contributed by atoms with van der Waals surface area (Å²) < 4.78 is 1.93. The molecule has 11 heteroatoms. The van der Waals surface area contributed by atoms with Gasteiger partial charge in [0.2, 0.25) is 17.7 Å². The van der Waals surface area contributed by atoms with E-state index in [1.54, 1.807) is 0 Å². The maximum atomic E-state index is 13.6. The Balaban J connectivity index is 0.000000462. The number of hydrogen-bond acceptors (Lipinski definition) is 7. The van der Waals surface area contributed by atoms with Gasteiger partial charge in [-0.25, -0.2) is 4.68 Å². The standard InChI is InChI=1S/C31H41N5O2.2C9H19NO/c1-30(2,3)20-23(37)13-11-19-36-29-24-14-8-7-12-22(24)21-35(27(38)17-18-32-31(4,5)6)26-16-10-9-15-25(26)28(29)33-34-36;2*1-8(2,3)7(11)10-9(4,5)6/h7-10,12,14-16,32H,11,13,17-21H2,1-6H3;2*1-6H3,(H,10,11). The van der Waals surface area contributed by atoms with Crippen molar-refractivity contribution in [1.29, 1.82) is 0 Å². The Bertz CT molecular complexity index is 1870. The molecule has 2 heterocycles. The first-order valence-electron chi connectivity index (χ1n) is 21.5. The lowest BCUT2D eigenvalue weighted by Gasteiger charge is -2.29. The lowest BCUT2D eigenvalue weighted by Crippen LogP contribution is -2.46. The van der Waals surface area contributed by atoms with Gasteiger partial charge in [0.25, 0.3) is 0 Å². The van der Waals surface area contributed by atoms with Crippen molar-refractivity contribution in [3.05, 3.63) is 54.1 Å². The second-order valence-corrected chi connectivity index (χ2v) is 22.4. The van der Waals surface area contributed by atoms with Gasteiger partial charge in [-0.1, -0.05) is 110 Å². The van der Waals surface area contributed by atoms with E-state index in [1.165, 1.54) is 0 Å². The fourth-order valence-electron chi connectivity index (χ4n) is 6.04. The van der Waals surface area contributed by atoms with Gasteiger partial charge in [0, 0.05) is 70.9 Å². The molecule has 0 radical (unpaired) electrons. The third-order valence-electron chi connectivity index (χ3n) is 8.97. The summed E-state index contributed by atoms with van der Waals surface area (Å²) in [6.45, 7) is 37.6. The molecule has 0 bridgehead atoms. The smallest absolute Gasteiger partial charge is 0.228 e. The summed E-state index contributed by atoms with van der Waals surface area (Å²) in [5.41, 5.74) is 4.65. The van der Waals surface area contributed by atoms with Crippen LogP contribution >= 0.6 is 0 Å². The van der Waals surface area contributed by atoms with E-state index in [4.69, 9.17) is 0 Å². The minimum atomic E-state index is -0.284. The zero-order chi connectivity index (χ0) is 46.1. The third-order valence-corrected chi connectivity index (χ3v) is 8.97. The zero-order valence-corrected chi connectivity index (χ0v) is 40.5. The molecule has 11 nitrogen and oxygen atoms in total. The Kier molecular flexibility index (Phi) is 17.6. The largest absolute Gasteiger partial charge is 0.351 e. The molecule has 2 aromatic carbocycles. The number of benzene rings is 2. The first kappa shape index (κ1) is 51.8. The molecule has 1 aromatic heterocycles. The van der Waals surface area contributed by atoms with Crippen LogP contribution in [0.25, 0.3) is 22.5 Å². The number of rotatable bonds is 8. The number of fused-ring (bicyclic) bond motifs is 5. The predicted octanol–water partition coefficient (Wildman–Crippen LogP) is 9.92. The van der Waals surface area contributed by atoms with Crippen molar-refractivity contribution < 1.29 is 19.2 Å². The number of aryl methyl sites for hydroxylation is 1. The number of aromatic nitrogens is 3. The van der Waals surface area contributed by atoms with E-state index in [0.29, 0.717) is 45.3 Å². The summed E-state index contributed by atoms with van der Waals surface area (Å²) in [7, 11) is 0. The van der Waals surface area contributed by atoms with Crippen molar-refractivity contribution >= 4 is 29.2 Å². The van der Waals surface area contributed by atoms with Crippen molar-refractivity contribution in [2.75, 3.05) is 11.4 Å². The van der Waals surface area contributed by atoms with E-state index in [2.05, 4.69) is 79.9 Å². The van der Waals surface area contributed by atoms with E-state index < -0.39 is 0 Å². The number of anilines is 1. The molecule has 0 unspecified atom stereocenters. The summed E-state index contributed by atoms with van der Waals surface area (Å²) in [5.74, 6) is 0.550. The Morgan fingerprint density at radius 1 is 0.633 bits per heavy atom. The maximum Gasteiger partial charge on any atom is 0.228 e. The minimum absolute atomic E-state index is 0.00552. The highest BCUT2D eigenvalue weighted by Crippen LogP contribution is 2.41. The average molecular weight is 830 g/mol. The molecular formula is C49H79N7O4. The van der Waals surface area contributed by atoms with Crippen molar-refractivity contribution in [3.8, 4) is 22.5 Å². The number of nitrogens with one attached hydrogen (secondary N) is 3. The highest BCUT2D eigenvalue weighted by Gasteiger charge is 2.30. The van der Waals surface area contributed by atoms with E-state index in [-0.39, 0.29) is 56.4 Å². The van der Waals surface area contributed by atoms with Gasteiger partial charge < -0.3 is 20.9 Å². The van der Waals surface area contributed by atoms with Crippen LogP contribution in [0.3, 0.4) is 0 Å². The van der Waals surface area contributed by atoms with Crippen LogP contribution in [-0.4, -0.2) is 61.7 Å². The SMILES string of the molecule is CC(C)(C)CC(=O)CCCn1nnc2c1-c1ccccc1CN(C(=O)CCNC(C)(C)C)c1ccccc1-2.CC(C)(C)NC(=O)C(C)(C)C.CC(C)(C)NC(=O)C(C)(C)C. The predicted molar refractivity (Wildman–Crippen MR) is 247 cm³/mol. The number of nitrogens with zero attached hydrogens (tertiary/aromatic N) is 4. The van der Waals surface area contributed by atoms with Crippen molar-refractivity contribution in [1.82, 2.24) is 30.9 Å². The van der Waals surface area contributed by atoms with Gasteiger partial charge >= 0.3 is 0 Å². The highest BCUT2D eigenvalue weighted by molar-refractivity contribution is 6.00. The Labute approximate surface area is 362 Å². The van der Waals surface area contributed by atoms with Gasteiger partial charge in [0.15, 0.2) is 0 Å². The highest BCUT2D eigenvalue weighted by atomic mass is 16.2. The fraction of sp³-hybridized carbons (Fsp3) is 0.633. The van der Waals surface area contributed by atoms with Gasteiger partial charge in [-0.3, -0.25) is 19.2 Å². The molecule has 3 aromatic rings. The van der Waals surface area contributed by atoms with Crippen LogP contribution in [0.1, 0.15) is 156 Å². The molecule has 0 saturated heterocycles. The van der Waals surface area contributed by atoms with Crippen LogP contribution in [-0.2, 0) is 32.3 Å². The molecule has 1 aliphatic heterocycles. The molecule has 334 valence electrons. The first-order valence-corrected chi connectivity index (χ1v) is 21.5. The van der Waals surface area contributed by atoms with E-state index in [1.807, 2.05) is 129 Å². The molecule has 0 spiro atoms. The molecule has 4 rings (SSSR count). The first-order chi connectivity index (χ1) is 27.2. The van der Waals surface area contributed by atoms with E-state index in [9.17, 15) is 19.2 Å². The van der Waals surface area contributed by atoms with Gasteiger partial charge in [-0.2, -0.15) is 0 Å². The van der Waals surface area contributed by atoms with Crippen LogP contribution in [0, 0.1) is 16.2 Å². The summed E-state index contributed by atoms with van der Waals surface area (Å²) in [6.07, 6.45) is 2.21. The summed E-state index contributed by atoms with van der Waals surface area (Å²) in [5, 5.41) is 18.4.